The van der Waals surface area contributed by atoms with Crippen molar-refractivity contribution >= 4 is 13.7 Å². The highest BCUT2D eigenvalue weighted by atomic mass is 31.2. The van der Waals surface area contributed by atoms with Crippen LogP contribution in [0, 0.1) is 0 Å². The predicted molar refractivity (Wildman–Crippen MR) is 237 cm³/mol. The third-order valence-electron chi connectivity index (χ3n) is 10.9. The van der Waals surface area contributed by atoms with Crippen molar-refractivity contribution in [2.45, 2.75) is 257 Å². The van der Waals surface area contributed by atoms with Crippen LogP contribution in [-0.2, 0) is 18.4 Å². The summed E-state index contributed by atoms with van der Waals surface area (Å²) in [4.78, 5) is 22.8. The lowest BCUT2D eigenvalue weighted by atomic mass is 10.0. The Morgan fingerprint density at radius 1 is 0.589 bits per heavy atom. The molecule has 10 heteroatoms. The first-order valence-electron chi connectivity index (χ1n) is 23.9. The number of aliphatic hydroxyl groups is 2. The van der Waals surface area contributed by atoms with Gasteiger partial charge in [0.2, 0.25) is 5.91 Å². The molecule has 0 bridgehead atoms. The van der Waals surface area contributed by atoms with Gasteiger partial charge in [-0.1, -0.05) is 206 Å². The van der Waals surface area contributed by atoms with Crippen LogP contribution in [0.5, 0.6) is 0 Å². The van der Waals surface area contributed by atoms with E-state index in [4.69, 9.17) is 14.8 Å². The van der Waals surface area contributed by atoms with Crippen molar-refractivity contribution in [3.8, 4) is 0 Å². The molecule has 0 aromatic rings. The summed E-state index contributed by atoms with van der Waals surface area (Å²) in [7, 11) is -4.37. The highest BCUT2D eigenvalue weighted by molar-refractivity contribution is 7.47. The van der Waals surface area contributed by atoms with Crippen molar-refractivity contribution in [3.63, 3.8) is 0 Å². The Morgan fingerprint density at radius 3 is 1.38 bits per heavy atom. The van der Waals surface area contributed by atoms with Crippen LogP contribution in [0.1, 0.15) is 239 Å². The van der Waals surface area contributed by atoms with Crippen molar-refractivity contribution < 1.29 is 33.5 Å². The van der Waals surface area contributed by atoms with Crippen LogP contribution in [-0.4, -0.2) is 59.0 Å². The Balaban J connectivity index is 4.15. The molecule has 0 fully saturated rings. The number of aliphatic hydroxyl groups excluding tert-OH is 2. The minimum Gasteiger partial charge on any atom is -0.393 e. The lowest BCUT2D eigenvalue weighted by molar-refractivity contribution is -0.125. The molecule has 334 valence electrons. The number of hydrogen-bond acceptors (Lipinski definition) is 7. The molecule has 0 rings (SSSR count). The minimum absolute atomic E-state index is 0.0601. The third-order valence-corrected chi connectivity index (χ3v) is 11.9. The first-order chi connectivity index (χ1) is 27.3. The Hall–Kier alpha value is -0.800. The number of rotatable bonds is 45. The quantitative estimate of drug-likeness (QED) is 0.0231. The number of nitrogens with one attached hydrogen (secondary N) is 1. The molecule has 0 aliphatic rings. The number of amides is 1. The van der Waals surface area contributed by atoms with Crippen LogP contribution in [0.25, 0.3) is 0 Å². The van der Waals surface area contributed by atoms with Gasteiger partial charge in [-0.15, -0.1) is 0 Å². The van der Waals surface area contributed by atoms with Gasteiger partial charge in [-0.05, 0) is 38.5 Å². The SMILES string of the molecule is CCCCCCCCCCCCCC/C=C\CCCCCCCC(O)CC(=O)NC(COP(=O)(O)OCCN)C(O)CCCCCCCCCCCCCCC. The zero-order valence-corrected chi connectivity index (χ0v) is 37.7. The molecular weight excluding hydrogens is 723 g/mol. The second kappa shape index (κ2) is 42.3. The second-order valence-electron chi connectivity index (χ2n) is 16.5. The van der Waals surface area contributed by atoms with E-state index in [2.05, 4.69) is 31.3 Å². The molecule has 9 nitrogen and oxygen atoms in total. The van der Waals surface area contributed by atoms with Gasteiger partial charge in [0.15, 0.2) is 0 Å². The van der Waals surface area contributed by atoms with E-state index < -0.39 is 32.0 Å². The van der Waals surface area contributed by atoms with Crippen molar-refractivity contribution in [1.82, 2.24) is 5.32 Å². The summed E-state index contributed by atoms with van der Waals surface area (Å²) in [6, 6.07) is -0.896. The fourth-order valence-electron chi connectivity index (χ4n) is 7.29. The molecule has 0 aromatic carbocycles. The maximum Gasteiger partial charge on any atom is 0.472 e. The average Bonchev–Trinajstić information content (AvgIpc) is 3.17. The number of carbonyl (C=O) groups is 1. The van der Waals surface area contributed by atoms with Crippen LogP contribution in [0.4, 0.5) is 0 Å². The molecule has 6 N–H and O–H groups in total. The van der Waals surface area contributed by atoms with Gasteiger partial charge < -0.3 is 26.2 Å². The zero-order chi connectivity index (χ0) is 41.2. The number of nitrogens with two attached hydrogens (primary N) is 1. The normalized spacial score (nSPS) is 14.6. The van der Waals surface area contributed by atoms with Crippen LogP contribution >= 0.6 is 7.82 Å². The third kappa shape index (κ3) is 40.0. The van der Waals surface area contributed by atoms with Crippen molar-refractivity contribution in [2.75, 3.05) is 19.8 Å². The number of carbonyl (C=O) groups excluding carboxylic acids is 1. The molecule has 4 atom stereocenters. The molecule has 56 heavy (non-hydrogen) atoms. The van der Waals surface area contributed by atoms with Crippen LogP contribution in [0.2, 0.25) is 0 Å². The number of unbranched alkanes of at least 4 members (excludes halogenated alkanes) is 29. The van der Waals surface area contributed by atoms with E-state index >= 15 is 0 Å². The van der Waals surface area contributed by atoms with E-state index in [1.54, 1.807) is 0 Å². The summed E-state index contributed by atoms with van der Waals surface area (Å²) in [5.74, 6) is -0.415. The van der Waals surface area contributed by atoms with Gasteiger partial charge >= 0.3 is 7.82 Å². The Bertz CT molecular complexity index is 909. The molecule has 0 radical (unpaired) electrons. The van der Waals surface area contributed by atoms with Crippen molar-refractivity contribution in [2.24, 2.45) is 5.73 Å². The molecule has 4 unspecified atom stereocenters. The molecule has 1 amide bonds. The van der Waals surface area contributed by atoms with E-state index in [0.29, 0.717) is 12.8 Å². The number of hydrogen-bond donors (Lipinski definition) is 5. The van der Waals surface area contributed by atoms with Crippen molar-refractivity contribution in [1.29, 1.82) is 0 Å². The minimum atomic E-state index is -4.37. The lowest BCUT2D eigenvalue weighted by Crippen LogP contribution is -2.47. The van der Waals surface area contributed by atoms with Gasteiger partial charge in [0, 0.05) is 6.54 Å². The Kier molecular flexibility index (Phi) is 41.7. The standard InChI is InChI=1S/C46H93N2O7P/c1-3-5-7-9-11-13-15-17-18-19-20-21-22-23-24-26-27-29-31-33-35-37-43(49)41-46(51)48-44(42-55-56(52,53)54-40-39-47)45(50)38-36-34-32-30-28-25-16-14-12-10-8-6-4-2/h23-24,43-45,49-50H,3-22,25-42,47H2,1-2H3,(H,48,51)(H,52,53)/b24-23-. The van der Waals surface area contributed by atoms with Crippen molar-refractivity contribution in [3.05, 3.63) is 12.2 Å². The number of phosphoric acid groups is 1. The fraction of sp³-hybridized carbons (Fsp3) is 0.935. The summed E-state index contributed by atoms with van der Waals surface area (Å²) in [6.45, 7) is 4.06. The molecule has 0 aromatic heterocycles. The van der Waals surface area contributed by atoms with Gasteiger partial charge in [0.25, 0.3) is 0 Å². The highest BCUT2D eigenvalue weighted by Gasteiger charge is 2.28. The summed E-state index contributed by atoms with van der Waals surface area (Å²) in [5.41, 5.74) is 5.37. The van der Waals surface area contributed by atoms with E-state index in [1.807, 2.05) is 0 Å². The largest absolute Gasteiger partial charge is 0.472 e. The molecule has 0 spiro atoms. The van der Waals surface area contributed by atoms with E-state index in [-0.39, 0.29) is 26.2 Å². The predicted octanol–water partition coefficient (Wildman–Crippen LogP) is 12.5. The molecular formula is C46H93N2O7P. The number of allylic oxidation sites excluding steroid dienone is 2. The molecule has 0 heterocycles. The summed E-state index contributed by atoms with van der Waals surface area (Å²) >= 11 is 0. The Labute approximate surface area is 346 Å². The van der Waals surface area contributed by atoms with Gasteiger partial charge in [-0.3, -0.25) is 13.8 Å². The van der Waals surface area contributed by atoms with Gasteiger partial charge in [-0.25, -0.2) is 4.57 Å². The van der Waals surface area contributed by atoms with E-state index in [0.717, 1.165) is 44.9 Å². The zero-order valence-electron chi connectivity index (χ0n) is 36.8. The summed E-state index contributed by atoms with van der Waals surface area (Å²) in [5, 5.41) is 24.2. The van der Waals surface area contributed by atoms with E-state index in [9.17, 15) is 24.5 Å². The Morgan fingerprint density at radius 2 is 0.964 bits per heavy atom. The monoisotopic (exact) mass is 817 g/mol. The molecule has 0 aliphatic heterocycles. The molecule has 0 saturated carbocycles. The van der Waals surface area contributed by atoms with Gasteiger partial charge in [0.1, 0.15) is 0 Å². The lowest BCUT2D eigenvalue weighted by Gasteiger charge is -2.25. The fourth-order valence-corrected chi connectivity index (χ4v) is 8.05. The average molecular weight is 817 g/mol. The van der Waals surface area contributed by atoms with Gasteiger partial charge in [0.05, 0.1) is 37.9 Å². The van der Waals surface area contributed by atoms with Crippen LogP contribution in [0.15, 0.2) is 12.2 Å². The smallest absolute Gasteiger partial charge is 0.393 e. The van der Waals surface area contributed by atoms with Crippen LogP contribution in [0.3, 0.4) is 0 Å². The second-order valence-corrected chi connectivity index (χ2v) is 18.0. The topological polar surface area (TPSA) is 151 Å². The first kappa shape index (κ1) is 55.2. The molecule has 0 saturated heterocycles. The van der Waals surface area contributed by atoms with E-state index in [1.165, 1.54) is 161 Å². The number of phosphoric ester groups is 1. The summed E-state index contributed by atoms with van der Waals surface area (Å²) in [6.07, 6.45) is 44.0. The molecule has 0 aliphatic carbocycles. The van der Waals surface area contributed by atoms with Crippen LogP contribution < -0.4 is 11.1 Å². The maximum atomic E-state index is 12.8. The summed E-state index contributed by atoms with van der Waals surface area (Å²) < 4.78 is 22.2. The maximum absolute atomic E-state index is 12.8. The highest BCUT2D eigenvalue weighted by Crippen LogP contribution is 2.43. The van der Waals surface area contributed by atoms with Gasteiger partial charge in [-0.2, -0.15) is 0 Å². The first-order valence-corrected chi connectivity index (χ1v) is 25.4.